The average molecular weight is 362 g/mol. The Morgan fingerprint density at radius 1 is 1.33 bits per heavy atom. The molecular formula is C12H12ClN3O2S3. The fourth-order valence-electron chi connectivity index (χ4n) is 2.06. The van der Waals surface area contributed by atoms with Crippen LogP contribution < -0.4 is 0 Å². The molecule has 0 fully saturated rings. The van der Waals surface area contributed by atoms with Crippen LogP contribution in [0.25, 0.3) is 20.1 Å². The largest absolute Gasteiger partial charge is 0.296 e. The van der Waals surface area contributed by atoms with Crippen molar-refractivity contribution in [2.45, 2.75) is 25.5 Å². The van der Waals surface area contributed by atoms with Crippen LogP contribution in [0.5, 0.6) is 0 Å². The molecule has 0 amide bonds. The van der Waals surface area contributed by atoms with Gasteiger partial charge in [-0.25, -0.2) is 8.42 Å². The zero-order chi connectivity index (χ0) is 15.2. The van der Waals surface area contributed by atoms with Gasteiger partial charge in [0.25, 0.3) is 14.2 Å². The highest BCUT2D eigenvalue weighted by Crippen LogP contribution is 2.36. The van der Waals surface area contributed by atoms with E-state index in [1.54, 1.807) is 27.2 Å². The van der Waals surface area contributed by atoms with Crippen molar-refractivity contribution < 1.29 is 8.42 Å². The SMILES string of the molecule is CC(C)Cn1c(-c2cc3sccc3s2)nnc1S(=O)(=O)Cl. The second-order valence-corrected chi connectivity index (χ2v) is 9.50. The number of aromatic nitrogens is 3. The molecule has 9 heteroatoms. The Kier molecular flexibility index (Phi) is 3.81. The Morgan fingerprint density at radius 3 is 2.71 bits per heavy atom. The zero-order valence-corrected chi connectivity index (χ0v) is 14.5. The Balaban J connectivity index is 2.17. The lowest BCUT2D eigenvalue weighted by molar-refractivity contribution is 0.489. The Labute approximate surface area is 134 Å². The normalized spacial score (nSPS) is 12.6. The van der Waals surface area contributed by atoms with Gasteiger partial charge in [0.05, 0.1) is 4.88 Å². The molecule has 0 N–H and O–H groups in total. The molecule has 0 unspecified atom stereocenters. The first-order chi connectivity index (χ1) is 9.86. The van der Waals surface area contributed by atoms with Crippen molar-refractivity contribution in [3.05, 3.63) is 17.5 Å². The molecule has 0 aliphatic carbocycles. The molecule has 0 saturated heterocycles. The summed E-state index contributed by atoms with van der Waals surface area (Å²) in [6.07, 6.45) is 0. The number of hydrogen-bond donors (Lipinski definition) is 0. The first-order valence-corrected chi connectivity index (χ1v) is 10.2. The fourth-order valence-corrected chi connectivity index (χ4v) is 5.06. The predicted molar refractivity (Wildman–Crippen MR) is 86.6 cm³/mol. The Morgan fingerprint density at radius 2 is 2.10 bits per heavy atom. The molecule has 0 aromatic carbocycles. The van der Waals surface area contributed by atoms with Gasteiger partial charge in [0, 0.05) is 26.6 Å². The molecule has 0 atom stereocenters. The van der Waals surface area contributed by atoms with E-state index in [0.717, 1.165) is 14.3 Å². The fraction of sp³-hybridized carbons (Fsp3) is 0.333. The van der Waals surface area contributed by atoms with Crippen LogP contribution >= 0.6 is 33.4 Å². The minimum atomic E-state index is -3.91. The van der Waals surface area contributed by atoms with Crippen molar-refractivity contribution in [1.82, 2.24) is 14.8 Å². The summed E-state index contributed by atoms with van der Waals surface area (Å²) in [6, 6.07) is 4.05. The summed E-state index contributed by atoms with van der Waals surface area (Å²) < 4.78 is 27.2. The number of nitrogens with zero attached hydrogens (tertiary/aromatic N) is 3. The molecule has 3 aromatic rings. The molecule has 3 aromatic heterocycles. The molecule has 112 valence electrons. The van der Waals surface area contributed by atoms with Crippen LogP contribution in [0.4, 0.5) is 0 Å². The minimum absolute atomic E-state index is 0.190. The lowest BCUT2D eigenvalue weighted by Crippen LogP contribution is -2.11. The maximum Gasteiger partial charge on any atom is 0.296 e. The third-order valence-electron chi connectivity index (χ3n) is 2.84. The molecular weight excluding hydrogens is 350 g/mol. The van der Waals surface area contributed by atoms with Crippen LogP contribution in [0.1, 0.15) is 13.8 Å². The van der Waals surface area contributed by atoms with Crippen molar-refractivity contribution in [3.63, 3.8) is 0 Å². The van der Waals surface area contributed by atoms with Crippen LogP contribution in [0, 0.1) is 5.92 Å². The van der Waals surface area contributed by atoms with E-state index in [4.69, 9.17) is 10.7 Å². The molecule has 0 aliphatic heterocycles. The standard InChI is InChI=1S/C12H12ClN3O2S3/c1-7(2)6-16-11(14-15-12(16)21(13,17)18)10-5-9-8(20-10)3-4-19-9/h3-5,7H,6H2,1-2H3. The molecule has 3 heterocycles. The van der Waals surface area contributed by atoms with Gasteiger partial charge in [-0.3, -0.25) is 4.57 Å². The molecule has 0 bridgehead atoms. The highest BCUT2D eigenvalue weighted by Gasteiger charge is 2.24. The van der Waals surface area contributed by atoms with Crippen molar-refractivity contribution in [2.75, 3.05) is 0 Å². The van der Waals surface area contributed by atoms with Gasteiger partial charge < -0.3 is 0 Å². The van der Waals surface area contributed by atoms with Crippen LogP contribution in [0.15, 0.2) is 22.7 Å². The summed E-state index contributed by atoms with van der Waals surface area (Å²) in [5.41, 5.74) is 0. The number of halogens is 1. The highest BCUT2D eigenvalue weighted by atomic mass is 35.7. The minimum Gasteiger partial charge on any atom is -0.296 e. The quantitative estimate of drug-likeness (QED) is 0.663. The zero-order valence-electron chi connectivity index (χ0n) is 11.3. The number of thiophene rings is 2. The smallest absolute Gasteiger partial charge is 0.296 e. The Hall–Kier alpha value is -0.960. The summed E-state index contributed by atoms with van der Waals surface area (Å²) >= 11 is 3.22. The van der Waals surface area contributed by atoms with Gasteiger partial charge >= 0.3 is 0 Å². The van der Waals surface area contributed by atoms with E-state index < -0.39 is 9.05 Å². The van der Waals surface area contributed by atoms with E-state index in [1.165, 1.54) is 0 Å². The molecule has 3 rings (SSSR count). The van der Waals surface area contributed by atoms with Gasteiger partial charge in [-0.05, 0) is 23.4 Å². The van der Waals surface area contributed by atoms with E-state index >= 15 is 0 Å². The maximum absolute atomic E-state index is 11.6. The second kappa shape index (κ2) is 5.35. The van der Waals surface area contributed by atoms with E-state index in [1.807, 2.05) is 31.4 Å². The van der Waals surface area contributed by atoms with Crippen molar-refractivity contribution >= 4 is 51.8 Å². The van der Waals surface area contributed by atoms with E-state index in [-0.39, 0.29) is 11.1 Å². The molecule has 0 saturated carbocycles. The van der Waals surface area contributed by atoms with Gasteiger partial charge in [-0.2, -0.15) is 0 Å². The van der Waals surface area contributed by atoms with E-state index in [9.17, 15) is 8.42 Å². The number of rotatable bonds is 4. The summed E-state index contributed by atoms with van der Waals surface area (Å²) in [6.45, 7) is 4.50. The lowest BCUT2D eigenvalue weighted by Gasteiger charge is -2.10. The monoisotopic (exact) mass is 361 g/mol. The summed E-state index contributed by atoms with van der Waals surface area (Å²) in [5.74, 6) is 0.800. The van der Waals surface area contributed by atoms with Gasteiger partial charge in [0.2, 0.25) is 0 Å². The van der Waals surface area contributed by atoms with Crippen molar-refractivity contribution in [1.29, 1.82) is 0 Å². The van der Waals surface area contributed by atoms with Crippen LogP contribution in [0.3, 0.4) is 0 Å². The topological polar surface area (TPSA) is 64.8 Å². The van der Waals surface area contributed by atoms with E-state index in [0.29, 0.717) is 12.4 Å². The summed E-state index contributed by atoms with van der Waals surface area (Å²) in [7, 11) is 1.55. The second-order valence-electron chi connectivity index (χ2n) is 5.01. The van der Waals surface area contributed by atoms with Crippen LogP contribution in [0.2, 0.25) is 0 Å². The van der Waals surface area contributed by atoms with Crippen LogP contribution in [-0.4, -0.2) is 23.2 Å². The third kappa shape index (κ3) is 2.85. The average Bonchev–Trinajstić information content (AvgIpc) is 2.97. The maximum atomic E-state index is 11.6. The first kappa shape index (κ1) is 15.0. The lowest BCUT2D eigenvalue weighted by atomic mass is 10.2. The molecule has 21 heavy (non-hydrogen) atoms. The number of fused-ring (bicyclic) bond motifs is 1. The predicted octanol–water partition coefficient (Wildman–Crippen LogP) is 3.80. The van der Waals surface area contributed by atoms with Crippen LogP contribution in [-0.2, 0) is 15.6 Å². The summed E-state index contributed by atoms with van der Waals surface area (Å²) in [4.78, 5) is 0.900. The molecule has 0 spiro atoms. The third-order valence-corrected chi connectivity index (χ3v) is 6.08. The number of hydrogen-bond acceptors (Lipinski definition) is 6. The first-order valence-electron chi connectivity index (χ1n) is 6.21. The van der Waals surface area contributed by atoms with E-state index in [2.05, 4.69) is 10.2 Å². The molecule has 0 radical (unpaired) electrons. The van der Waals surface area contributed by atoms with Gasteiger partial charge in [-0.1, -0.05) is 13.8 Å². The van der Waals surface area contributed by atoms with Crippen molar-refractivity contribution in [2.24, 2.45) is 5.92 Å². The molecule has 0 aliphatic rings. The van der Waals surface area contributed by atoms with Gasteiger partial charge in [0.1, 0.15) is 0 Å². The summed E-state index contributed by atoms with van der Waals surface area (Å²) in [5, 5.41) is 9.66. The Bertz CT molecular complexity index is 864. The molecule has 5 nitrogen and oxygen atoms in total. The van der Waals surface area contributed by atoms with Gasteiger partial charge in [0.15, 0.2) is 5.82 Å². The highest BCUT2D eigenvalue weighted by molar-refractivity contribution is 8.13. The van der Waals surface area contributed by atoms with Gasteiger partial charge in [-0.15, -0.1) is 32.9 Å². The van der Waals surface area contributed by atoms with Crippen molar-refractivity contribution in [3.8, 4) is 10.7 Å².